The Hall–Kier alpha value is -2.49. The van der Waals surface area contributed by atoms with E-state index in [9.17, 15) is 4.79 Å². The van der Waals surface area contributed by atoms with Crippen LogP contribution in [0.1, 0.15) is 49.8 Å². The van der Waals surface area contributed by atoms with E-state index in [0.29, 0.717) is 13.2 Å². The van der Waals surface area contributed by atoms with E-state index in [1.807, 2.05) is 25.1 Å². The molecule has 3 rings (SSSR count). The van der Waals surface area contributed by atoms with Gasteiger partial charge in [0.1, 0.15) is 11.5 Å². The first kappa shape index (κ1) is 20.2. The number of carbonyl (C=O) groups is 1. The van der Waals surface area contributed by atoms with E-state index in [2.05, 4.69) is 29.6 Å². The molecule has 0 heterocycles. The van der Waals surface area contributed by atoms with E-state index >= 15 is 0 Å². The quantitative estimate of drug-likeness (QED) is 0.652. The lowest BCUT2D eigenvalue weighted by atomic mass is 9.92. The van der Waals surface area contributed by atoms with E-state index in [4.69, 9.17) is 9.47 Å². The van der Waals surface area contributed by atoms with Crippen molar-refractivity contribution in [1.82, 2.24) is 5.32 Å². The predicted molar refractivity (Wildman–Crippen MR) is 112 cm³/mol. The van der Waals surface area contributed by atoms with Crippen molar-refractivity contribution in [3.8, 4) is 11.5 Å². The minimum absolute atomic E-state index is 0.0654. The first-order chi connectivity index (χ1) is 13.7. The fraction of sp³-hybridized carbons (Fsp3) is 0.458. The first-order valence-corrected chi connectivity index (χ1v) is 10.4. The zero-order valence-corrected chi connectivity index (χ0v) is 17.0. The van der Waals surface area contributed by atoms with Crippen LogP contribution in [0.3, 0.4) is 0 Å². The van der Waals surface area contributed by atoms with Crippen LogP contribution >= 0.6 is 0 Å². The number of benzene rings is 2. The maximum atomic E-state index is 12.3. The van der Waals surface area contributed by atoms with Crippen molar-refractivity contribution in [2.45, 2.75) is 58.5 Å². The number of carbonyl (C=O) groups excluding carboxylic acids is 1. The highest BCUT2D eigenvalue weighted by molar-refractivity contribution is 5.80. The van der Waals surface area contributed by atoms with Gasteiger partial charge < -0.3 is 14.8 Å². The van der Waals surface area contributed by atoms with Crippen LogP contribution in [0.25, 0.3) is 0 Å². The Bertz CT molecular complexity index is 770. The van der Waals surface area contributed by atoms with Gasteiger partial charge in [0.25, 0.3) is 5.91 Å². The Kier molecular flexibility index (Phi) is 7.35. The van der Waals surface area contributed by atoms with Crippen molar-refractivity contribution in [1.29, 1.82) is 0 Å². The third-order valence-corrected chi connectivity index (χ3v) is 5.18. The highest BCUT2D eigenvalue weighted by atomic mass is 16.5. The second kappa shape index (κ2) is 10.2. The zero-order valence-electron chi connectivity index (χ0n) is 17.0. The molecule has 28 heavy (non-hydrogen) atoms. The predicted octanol–water partition coefficient (Wildman–Crippen LogP) is 4.48. The topological polar surface area (TPSA) is 47.6 Å². The smallest absolute Gasteiger partial charge is 0.260 e. The molecular weight excluding hydrogens is 350 g/mol. The van der Waals surface area contributed by atoms with Gasteiger partial charge in [-0.05, 0) is 93.3 Å². The van der Waals surface area contributed by atoms with Crippen LogP contribution in [0.5, 0.6) is 11.5 Å². The molecule has 0 fully saturated rings. The summed E-state index contributed by atoms with van der Waals surface area (Å²) in [6.07, 6.45) is 6.09. The van der Waals surface area contributed by atoms with Crippen LogP contribution in [-0.2, 0) is 24.1 Å². The lowest BCUT2D eigenvalue weighted by Crippen LogP contribution is -2.37. The van der Waals surface area contributed by atoms with Gasteiger partial charge in [-0.2, -0.15) is 0 Å². The minimum atomic E-state index is -0.493. The van der Waals surface area contributed by atoms with Gasteiger partial charge in [-0.3, -0.25) is 4.79 Å². The standard InChI is InChI=1S/C24H31NO3/c1-3-27-22-13-10-19(11-14-22)7-6-16-25-24(26)18(2)28-23-15-12-20-8-4-5-9-21(20)17-23/h10-15,17-18H,3-9,16H2,1-2H3,(H,25,26). The summed E-state index contributed by atoms with van der Waals surface area (Å²) in [7, 11) is 0. The summed E-state index contributed by atoms with van der Waals surface area (Å²) in [4.78, 5) is 12.3. The molecule has 0 aromatic heterocycles. The summed E-state index contributed by atoms with van der Waals surface area (Å²) in [5, 5.41) is 2.98. The molecule has 1 atom stereocenters. The number of ether oxygens (including phenoxy) is 2. The molecule has 0 bridgehead atoms. The van der Waals surface area contributed by atoms with Crippen molar-refractivity contribution in [2.75, 3.05) is 13.2 Å². The molecule has 0 saturated heterocycles. The summed E-state index contributed by atoms with van der Waals surface area (Å²) < 4.78 is 11.3. The fourth-order valence-corrected chi connectivity index (χ4v) is 3.61. The molecule has 2 aromatic rings. The molecule has 1 N–H and O–H groups in total. The van der Waals surface area contributed by atoms with Crippen molar-refractivity contribution in [2.24, 2.45) is 0 Å². The van der Waals surface area contributed by atoms with Crippen molar-refractivity contribution in [3.63, 3.8) is 0 Å². The third-order valence-electron chi connectivity index (χ3n) is 5.18. The molecule has 1 aliphatic carbocycles. The van der Waals surface area contributed by atoms with E-state index in [1.54, 1.807) is 6.92 Å². The SMILES string of the molecule is CCOc1ccc(CCCNC(=O)C(C)Oc2ccc3c(c2)CCCC3)cc1. The van der Waals surface area contributed by atoms with Gasteiger partial charge in [0.2, 0.25) is 0 Å². The number of nitrogens with one attached hydrogen (secondary N) is 1. The number of aryl methyl sites for hydroxylation is 3. The van der Waals surface area contributed by atoms with Crippen LogP contribution in [0.2, 0.25) is 0 Å². The summed E-state index contributed by atoms with van der Waals surface area (Å²) in [5.41, 5.74) is 4.03. The van der Waals surface area contributed by atoms with Crippen LogP contribution in [-0.4, -0.2) is 25.2 Å². The van der Waals surface area contributed by atoms with Crippen molar-refractivity contribution >= 4 is 5.91 Å². The van der Waals surface area contributed by atoms with Gasteiger partial charge in [0, 0.05) is 6.54 Å². The molecule has 1 amide bonds. The van der Waals surface area contributed by atoms with E-state index in [0.717, 1.165) is 37.2 Å². The molecular formula is C24H31NO3. The normalized spacial score (nSPS) is 14.1. The summed E-state index contributed by atoms with van der Waals surface area (Å²) in [5.74, 6) is 1.62. The fourth-order valence-electron chi connectivity index (χ4n) is 3.61. The highest BCUT2D eigenvalue weighted by Crippen LogP contribution is 2.25. The maximum Gasteiger partial charge on any atom is 0.260 e. The van der Waals surface area contributed by atoms with Crippen molar-refractivity contribution < 1.29 is 14.3 Å². The molecule has 0 radical (unpaired) electrons. The molecule has 0 saturated carbocycles. The average molecular weight is 382 g/mol. The Morgan fingerprint density at radius 1 is 1.04 bits per heavy atom. The summed E-state index contributed by atoms with van der Waals surface area (Å²) >= 11 is 0. The molecule has 0 spiro atoms. The molecule has 2 aromatic carbocycles. The van der Waals surface area contributed by atoms with Crippen LogP contribution in [0.4, 0.5) is 0 Å². The third kappa shape index (κ3) is 5.75. The number of hydrogen-bond donors (Lipinski definition) is 1. The summed E-state index contributed by atoms with van der Waals surface area (Å²) in [6, 6.07) is 14.4. The second-order valence-electron chi connectivity index (χ2n) is 7.37. The van der Waals surface area contributed by atoms with Gasteiger partial charge in [-0.1, -0.05) is 18.2 Å². The molecule has 0 aliphatic heterocycles. The van der Waals surface area contributed by atoms with Gasteiger partial charge in [0.05, 0.1) is 6.61 Å². The minimum Gasteiger partial charge on any atom is -0.494 e. The number of rotatable bonds is 9. The lowest BCUT2D eigenvalue weighted by molar-refractivity contribution is -0.127. The Morgan fingerprint density at radius 2 is 1.75 bits per heavy atom. The molecule has 150 valence electrons. The first-order valence-electron chi connectivity index (χ1n) is 10.4. The molecule has 4 heteroatoms. The number of fused-ring (bicyclic) bond motifs is 1. The number of hydrogen-bond acceptors (Lipinski definition) is 3. The molecule has 1 unspecified atom stereocenters. The van der Waals surface area contributed by atoms with E-state index in [1.165, 1.54) is 29.5 Å². The van der Waals surface area contributed by atoms with Gasteiger partial charge in [-0.25, -0.2) is 0 Å². The van der Waals surface area contributed by atoms with Crippen LogP contribution in [0, 0.1) is 0 Å². The molecule has 1 aliphatic rings. The highest BCUT2D eigenvalue weighted by Gasteiger charge is 2.16. The Balaban J connectivity index is 1.39. The average Bonchev–Trinajstić information content (AvgIpc) is 2.72. The van der Waals surface area contributed by atoms with Gasteiger partial charge in [-0.15, -0.1) is 0 Å². The van der Waals surface area contributed by atoms with Gasteiger partial charge >= 0.3 is 0 Å². The second-order valence-corrected chi connectivity index (χ2v) is 7.37. The number of amides is 1. The Labute approximate surface area is 168 Å². The lowest BCUT2D eigenvalue weighted by Gasteiger charge is -2.19. The Morgan fingerprint density at radius 3 is 2.50 bits per heavy atom. The largest absolute Gasteiger partial charge is 0.494 e. The maximum absolute atomic E-state index is 12.3. The van der Waals surface area contributed by atoms with Crippen LogP contribution < -0.4 is 14.8 Å². The molecule has 4 nitrogen and oxygen atoms in total. The van der Waals surface area contributed by atoms with Gasteiger partial charge in [0.15, 0.2) is 6.10 Å². The summed E-state index contributed by atoms with van der Waals surface area (Å²) in [6.45, 7) is 5.11. The van der Waals surface area contributed by atoms with E-state index < -0.39 is 6.10 Å². The van der Waals surface area contributed by atoms with Crippen LogP contribution in [0.15, 0.2) is 42.5 Å². The van der Waals surface area contributed by atoms with E-state index in [-0.39, 0.29) is 5.91 Å². The monoisotopic (exact) mass is 381 g/mol. The zero-order chi connectivity index (χ0) is 19.8. The van der Waals surface area contributed by atoms with Crippen molar-refractivity contribution in [3.05, 3.63) is 59.2 Å².